The fourth-order valence-electron chi connectivity index (χ4n) is 2.83. The van der Waals surface area contributed by atoms with E-state index in [9.17, 15) is 0 Å². The predicted molar refractivity (Wildman–Crippen MR) is 77.9 cm³/mol. The van der Waals surface area contributed by atoms with Crippen LogP contribution in [0.2, 0.25) is 5.02 Å². The summed E-state index contributed by atoms with van der Waals surface area (Å²) in [5.41, 5.74) is 7.54. The summed E-state index contributed by atoms with van der Waals surface area (Å²) in [5.74, 6) is 0. The zero-order valence-corrected chi connectivity index (χ0v) is 11.9. The average Bonchev–Trinajstić information content (AvgIpc) is 2.42. The average molecular weight is 267 g/mol. The van der Waals surface area contributed by atoms with Gasteiger partial charge in [0.05, 0.1) is 6.04 Å². The van der Waals surface area contributed by atoms with Crippen molar-refractivity contribution in [1.82, 2.24) is 4.90 Å². The molecule has 3 heteroatoms. The highest BCUT2D eigenvalue weighted by molar-refractivity contribution is 6.31. The Balaban J connectivity index is 2.27. The second-order valence-corrected chi connectivity index (χ2v) is 5.54. The maximum atomic E-state index is 6.36. The van der Waals surface area contributed by atoms with E-state index in [1.807, 2.05) is 12.1 Å². The molecular formula is C15H23ClN2. The number of benzene rings is 1. The molecule has 1 heterocycles. The lowest BCUT2D eigenvalue weighted by Gasteiger charge is -2.38. The van der Waals surface area contributed by atoms with Gasteiger partial charge < -0.3 is 5.73 Å². The lowest BCUT2D eigenvalue weighted by Crippen LogP contribution is -2.43. The summed E-state index contributed by atoms with van der Waals surface area (Å²) >= 11 is 6.36. The molecule has 2 atom stereocenters. The smallest absolute Gasteiger partial charge is 0.0513 e. The van der Waals surface area contributed by atoms with Gasteiger partial charge in [-0.25, -0.2) is 0 Å². The molecule has 0 bridgehead atoms. The van der Waals surface area contributed by atoms with Crippen molar-refractivity contribution < 1.29 is 0 Å². The van der Waals surface area contributed by atoms with Gasteiger partial charge in [0.15, 0.2) is 0 Å². The van der Waals surface area contributed by atoms with E-state index in [1.165, 1.54) is 24.8 Å². The van der Waals surface area contributed by atoms with Gasteiger partial charge in [0.2, 0.25) is 0 Å². The molecule has 2 unspecified atom stereocenters. The molecule has 1 saturated heterocycles. The van der Waals surface area contributed by atoms with E-state index in [2.05, 4.69) is 24.0 Å². The molecule has 0 amide bonds. The van der Waals surface area contributed by atoms with Crippen molar-refractivity contribution in [3.05, 3.63) is 34.9 Å². The van der Waals surface area contributed by atoms with Gasteiger partial charge >= 0.3 is 0 Å². The largest absolute Gasteiger partial charge is 0.326 e. The monoisotopic (exact) mass is 266 g/mol. The minimum atomic E-state index is 0.156. The Morgan fingerprint density at radius 3 is 2.50 bits per heavy atom. The number of hydrogen-bond acceptors (Lipinski definition) is 2. The fourth-order valence-corrected chi connectivity index (χ4v) is 3.08. The van der Waals surface area contributed by atoms with Crippen molar-refractivity contribution in [2.45, 2.75) is 44.7 Å². The van der Waals surface area contributed by atoms with Gasteiger partial charge in [-0.1, -0.05) is 43.1 Å². The van der Waals surface area contributed by atoms with Gasteiger partial charge in [-0.15, -0.1) is 0 Å². The highest BCUT2D eigenvalue weighted by Gasteiger charge is 2.28. The van der Waals surface area contributed by atoms with Crippen LogP contribution >= 0.6 is 11.6 Å². The molecule has 0 spiro atoms. The lowest BCUT2D eigenvalue weighted by molar-refractivity contribution is 0.140. The maximum absolute atomic E-state index is 6.36. The van der Waals surface area contributed by atoms with Crippen LogP contribution in [-0.4, -0.2) is 24.0 Å². The molecule has 0 saturated carbocycles. The first-order chi connectivity index (χ1) is 8.74. The molecule has 18 heavy (non-hydrogen) atoms. The van der Waals surface area contributed by atoms with Crippen LogP contribution < -0.4 is 5.73 Å². The standard InChI is InChI=1S/C15H23ClN2/c1-2-14(17)15(18-10-6-3-7-11-18)12-8-4-5-9-13(12)16/h4-5,8-9,14-15H,2-3,6-7,10-11,17H2,1H3. The van der Waals surface area contributed by atoms with Crippen LogP contribution in [0, 0.1) is 0 Å². The first-order valence-electron chi connectivity index (χ1n) is 6.98. The van der Waals surface area contributed by atoms with E-state index in [1.54, 1.807) is 0 Å². The highest BCUT2D eigenvalue weighted by atomic mass is 35.5. The minimum Gasteiger partial charge on any atom is -0.326 e. The van der Waals surface area contributed by atoms with Gasteiger partial charge in [0.25, 0.3) is 0 Å². The van der Waals surface area contributed by atoms with E-state index in [-0.39, 0.29) is 12.1 Å². The second-order valence-electron chi connectivity index (χ2n) is 5.14. The summed E-state index contributed by atoms with van der Waals surface area (Å²) in [4.78, 5) is 2.51. The summed E-state index contributed by atoms with van der Waals surface area (Å²) in [6.07, 6.45) is 4.87. The Morgan fingerprint density at radius 2 is 1.89 bits per heavy atom. The van der Waals surface area contributed by atoms with E-state index >= 15 is 0 Å². The van der Waals surface area contributed by atoms with E-state index in [0.717, 1.165) is 24.5 Å². The molecule has 2 N–H and O–H groups in total. The molecule has 2 nitrogen and oxygen atoms in total. The summed E-state index contributed by atoms with van der Waals surface area (Å²) in [6, 6.07) is 8.55. The molecule has 0 aliphatic carbocycles. The Bertz CT molecular complexity index is 375. The number of halogens is 1. The van der Waals surface area contributed by atoms with Crippen LogP contribution in [-0.2, 0) is 0 Å². The zero-order chi connectivity index (χ0) is 13.0. The third-order valence-corrected chi connectivity index (χ3v) is 4.23. The molecule has 0 radical (unpaired) electrons. The predicted octanol–water partition coefficient (Wildman–Crippen LogP) is 3.60. The summed E-state index contributed by atoms with van der Waals surface area (Å²) in [5, 5.41) is 0.844. The number of nitrogens with zero attached hydrogens (tertiary/aromatic N) is 1. The first kappa shape index (κ1) is 13.9. The van der Waals surface area contributed by atoms with Gasteiger partial charge in [0.1, 0.15) is 0 Å². The highest BCUT2D eigenvalue weighted by Crippen LogP contribution is 2.32. The van der Waals surface area contributed by atoms with Gasteiger partial charge in [-0.2, -0.15) is 0 Å². The van der Waals surface area contributed by atoms with Crippen molar-refractivity contribution in [2.24, 2.45) is 5.73 Å². The van der Waals surface area contributed by atoms with Crippen molar-refractivity contribution in [3.63, 3.8) is 0 Å². The van der Waals surface area contributed by atoms with Crippen LogP contribution in [0.3, 0.4) is 0 Å². The van der Waals surface area contributed by atoms with Gasteiger partial charge in [-0.3, -0.25) is 4.90 Å². The molecule has 1 aliphatic heterocycles. The number of likely N-dealkylation sites (tertiary alicyclic amines) is 1. The Morgan fingerprint density at radius 1 is 1.22 bits per heavy atom. The SMILES string of the molecule is CCC(N)C(c1ccccc1Cl)N1CCCCC1. The molecule has 1 fully saturated rings. The van der Waals surface area contributed by atoms with E-state index in [4.69, 9.17) is 17.3 Å². The van der Waals surface area contributed by atoms with Crippen LogP contribution in [0.1, 0.15) is 44.2 Å². The van der Waals surface area contributed by atoms with Crippen molar-refractivity contribution in [1.29, 1.82) is 0 Å². The Hall–Kier alpha value is -0.570. The number of piperidine rings is 1. The summed E-state index contributed by atoms with van der Waals surface area (Å²) < 4.78 is 0. The molecule has 2 rings (SSSR count). The molecule has 1 aliphatic rings. The van der Waals surface area contributed by atoms with Crippen molar-refractivity contribution in [3.8, 4) is 0 Å². The number of hydrogen-bond donors (Lipinski definition) is 1. The number of rotatable bonds is 4. The molecule has 0 aromatic heterocycles. The normalized spacial score (nSPS) is 20.6. The third-order valence-electron chi connectivity index (χ3n) is 3.88. The first-order valence-corrected chi connectivity index (χ1v) is 7.36. The second kappa shape index (κ2) is 6.55. The van der Waals surface area contributed by atoms with E-state index < -0.39 is 0 Å². The lowest BCUT2D eigenvalue weighted by atomic mass is 9.94. The maximum Gasteiger partial charge on any atom is 0.0513 e. The number of nitrogens with two attached hydrogens (primary N) is 1. The Kier molecular flexibility index (Phi) is 5.04. The molecule has 1 aromatic carbocycles. The zero-order valence-electron chi connectivity index (χ0n) is 11.1. The van der Waals surface area contributed by atoms with Crippen molar-refractivity contribution >= 4 is 11.6 Å². The van der Waals surface area contributed by atoms with E-state index in [0.29, 0.717) is 0 Å². The summed E-state index contributed by atoms with van der Waals surface area (Å²) in [7, 11) is 0. The summed E-state index contributed by atoms with van der Waals surface area (Å²) in [6.45, 7) is 4.44. The molecule has 100 valence electrons. The fraction of sp³-hybridized carbons (Fsp3) is 0.600. The van der Waals surface area contributed by atoms with Crippen molar-refractivity contribution in [2.75, 3.05) is 13.1 Å². The van der Waals surface area contributed by atoms with Crippen LogP contribution in [0.25, 0.3) is 0 Å². The van der Waals surface area contributed by atoms with Crippen LogP contribution in [0.4, 0.5) is 0 Å². The molecule has 1 aromatic rings. The minimum absolute atomic E-state index is 0.156. The quantitative estimate of drug-likeness (QED) is 0.902. The Labute approximate surface area is 115 Å². The molecular weight excluding hydrogens is 244 g/mol. The van der Waals surface area contributed by atoms with Gasteiger partial charge in [-0.05, 0) is 44.0 Å². The van der Waals surface area contributed by atoms with Gasteiger partial charge in [0, 0.05) is 11.1 Å². The van der Waals surface area contributed by atoms with Crippen LogP contribution in [0.15, 0.2) is 24.3 Å². The van der Waals surface area contributed by atoms with Crippen LogP contribution in [0.5, 0.6) is 0 Å². The topological polar surface area (TPSA) is 29.3 Å². The third kappa shape index (κ3) is 3.05.